The second kappa shape index (κ2) is 11.7. The summed E-state index contributed by atoms with van der Waals surface area (Å²) >= 11 is 6.73. The molecule has 0 saturated carbocycles. The van der Waals surface area contributed by atoms with Crippen LogP contribution < -0.4 is 5.56 Å². The van der Waals surface area contributed by atoms with E-state index in [1.165, 1.54) is 5.56 Å². The molecule has 0 aliphatic heterocycles. The van der Waals surface area contributed by atoms with Crippen LogP contribution in [0.5, 0.6) is 0 Å². The minimum absolute atomic E-state index is 0.154. The Morgan fingerprint density at radius 3 is 2.24 bits per heavy atom. The molecule has 0 saturated heterocycles. The lowest BCUT2D eigenvalue weighted by Crippen LogP contribution is -2.40. The highest BCUT2D eigenvalue weighted by atomic mass is 35.5. The lowest BCUT2D eigenvalue weighted by molar-refractivity contribution is -0.133. The second-order valence-electron chi connectivity index (χ2n) is 9.81. The van der Waals surface area contributed by atoms with Gasteiger partial charge in [0.25, 0.3) is 5.56 Å². The molecular formula is C31H34ClN3O2. The molecule has 0 N–H and O–H groups in total. The number of aryl methyl sites for hydroxylation is 1. The van der Waals surface area contributed by atoms with Gasteiger partial charge in [-0.3, -0.25) is 14.2 Å². The van der Waals surface area contributed by atoms with Crippen LogP contribution in [0.25, 0.3) is 16.6 Å². The molecule has 4 rings (SSSR count). The molecular weight excluding hydrogens is 482 g/mol. The van der Waals surface area contributed by atoms with Gasteiger partial charge in [-0.25, -0.2) is 4.98 Å². The van der Waals surface area contributed by atoms with Crippen LogP contribution in [0.1, 0.15) is 62.5 Å². The van der Waals surface area contributed by atoms with E-state index in [0.717, 1.165) is 24.1 Å². The zero-order chi connectivity index (χ0) is 26.5. The minimum atomic E-state index is -0.833. The first-order valence-electron chi connectivity index (χ1n) is 12.9. The standard InChI is InChI=1S/C31H34ClN3O2/c1-5-23-15-17-25(18-16-23)35-29(33-27-14-10-9-13-26(27)30(35)36)22(4)34(20-19-21(2)3)31(37)28(32)24-11-7-6-8-12-24/h6-18,21-22,28H,5,19-20H2,1-4H3. The number of carbonyl (C=O) groups is 1. The lowest BCUT2D eigenvalue weighted by Gasteiger charge is -2.32. The fraction of sp³-hybridized carbons (Fsp3) is 0.323. The summed E-state index contributed by atoms with van der Waals surface area (Å²) in [7, 11) is 0. The normalized spacial score (nSPS) is 13.0. The molecule has 0 aliphatic carbocycles. The molecule has 1 heterocycles. The highest BCUT2D eigenvalue weighted by Gasteiger charge is 2.31. The summed E-state index contributed by atoms with van der Waals surface area (Å²) in [5.41, 5.74) is 3.11. The highest BCUT2D eigenvalue weighted by molar-refractivity contribution is 6.30. The number of carbonyl (C=O) groups excluding carboxylic acids is 1. The molecule has 37 heavy (non-hydrogen) atoms. The SMILES string of the molecule is CCc1ccc(-n2c(C(C)N(CCC(C)C)C(=O)C(Cl)c3ccccc3)nc3ccccc3c2=O)cc1. The maximum atomic E-state index is 13.8. The molecule has 192 valence electrons. The Balaban J connectivity index is 1.86. The van der Waals surface area contributed by atoms with E-state index in [0.29, 0.717) is 29.2 Å². The molecule has 3 aromatic carbocycles. The van der Waals surface area contributed by atoms with Gasteiger partial charge in [0.2, 0.25) is 5.91 Å². The Kier molecular flexibility index (Phi) is 8.45. The number of rotatable bonds is 9. The van der Waals surface area contributed by atoms with E-state index in [1.54, 1.807) is 15.5 Å². The minimum Gasteiger partial charge on any atom is -0.331 e. The number of amides is 1. The Morgan fingerprint density at radius 1 is 0.946 bits per heavy atom. The molecule has 1 amide bonds. The van der Waals surface area contributed by atoms with E-state index in [2.05, 4.69) is 20.8 Å². The van der Waals surface area contributed by atoms with E-state index < -0.39 is 11.4 Å². The van der Waals surface area contributed by atoms with Crippen molar-refractivity contribution in [1.29, 1.82) is 0 Å². The van der Waals surface area contributed by atoms with Gasteiger partial charge in [0.1, 0.15) is 11.2 Å². The quantitative estimate of drug-likeness (QED) is 0.229. The van der Waals surface area contributed by atoms with E-state index in [9.17, 15) is 9.59 Å². The van der Waals surface area contributed by atoms with Crippen molar-refractivity contribution in [3.05, 3.63) is 106 Å². The average Bonchev–Trinajstić information content (AvgIpc) is 2.93. The van der Waals surface area contributed by atoms with Crippen molar-refractivity contribution in [2.45, 2.75) is 52.0 Å². The van der Waals surface area contributed by atoms with Crippen molar-refractivity contribution >= 4 is 28.4 Å². The number of para-hydroxylation sites is 1. The molecule has 6 heteroatoms. The van der Waals surface area contributed by atoms with Crippen molar-refractivity contribution in [3.8, 4) is 5.69 Å². The molecule has 5 nitrogen and oxygen atoms in total. The third-order valence-electron chi connectivity index (χ3n) is 6.79. The summed E-state index contributed by atoms with van der Waals surface area (Å²) in [5.74, 6) is 0.708. The number of nitrogens with zero attached hydrogens (tertiary/aromatic N) is 3. The van der Waals surface area contributed by atoms with Crippen molar-refractivity contribution in [2.24, 2.45) is 5.92 Å². The summed E-state index contributed by atoms with van der Waals surface area (Å²) in [5, 5.41) is -0.294. The molecule has 0 fully saturated rings. The molecule has 0 bridgehead atoms. The maximum absolute atomic E-state index is 13.8. The van der Waals surface area contributed by atoms with Crippen LogP contribution in [0.3, 0.4) is 0 Å². The number of hydrogen-bond acceptors (Lipinski definition) is 3. The Hall–Kier alpha value is -3.44. The number of aromatic nitrogens is 2. The van der Waals surface area contributed by atoms with Crippen LogP contribution in [0.2, 0.25) is 0 Å². The molecule has 0 radical (unpaired) electrons. The maximum Gasteiger partial charge on any atom is 0.266 e. The van der Waals surface area contributed by atoms with Gasteiger partial charge in [-0.15, -0.1) is 11.6 Å². The van der Waals surface area contributed by atoms with Crippen LogP contribution in [0.4, 0.5) is 0 Å². The predicted octanol–water partition coefficient (Wildman–Crippen LogP) is 6.86. The Labute approximate surface area is 223 Å². The summed E-state index contributed by atoms with van der Waals surface area (Å²) in [6, 6.07) is 24.2. The zero-order valence-electron chi connectivity index (χ0n) is 21.9. The summed E-state index contributed by atoms with van der Waals surface area (Å²) in [6.07, 6.45) is 1.71. The van der Waals surface area contributed by atoms with Crippen LogP contribution >= 0.6 is 11.6 Å². The first-order chi connectivity index (χ1) is 17.8. The molecule has 2 atom stereocenters. The average molecular weight is 516 g/mol. The summed E-state index contributed by atoms with van der Waals surface area (Å²) in [6.45, 7) is 8.79. The van der Waals surface area contributed by atoms with E-state index in [1.807, 2.05) is 79.7 Å². The summed E-state index contributed by atoms with van der Waals surface area (Å²) < 4.78 is 1.65. The molecule has 0 spiro atoms. The van der Waals surface area contributed by atoms with Gasteiger partial charge in [-0.05, 0) is 61.1 Å². The number of fused-ring (bicyclic) bond motifs is 1. The number of alkyl halides is 1. The molecule has 0 aliphatic rings. The fourth-order valence-corrected chi connectivity index (χ4v) is 4.77. The van der Waals surface area contributed by atoms with Gasteiger partial charge >= 0.3 is 0 Å². The predicted molar refractivity (Wildman–Crippen MR) is 151 cm³/mol. The largest absolute Gasteiger partial charge is 0.331 e. The van der Waals surface area contributed by atoms with E-state index in [4.69, 9.17) is 16.6 Å². The lowest BCUT2D eigenvalue weighted by atomic mass is 10.1. The monoisotopic (exact) mass is 515 g/mol. The first-order valence-corrected chi connectivity index (χ1v) is 13.4. The first kappa shape index (κ1) is 26.6. The molecule has 4 aromatic rings. The topological polar surface area (TPSA) is 55.2 Å². The van der Waals surface area contributed by atoms with Gasteiger partial charge < -0.3 is 4.90 Å². The van der Waals surface area contributed by atoms with Crippen LogP contribution in [0, 0.1) is 5.92 Å². The van der Waals surface area contributed by atoms with Gasteiger partial charge in [0.15, 0.2) is 0 Å². The number of hydrogen-bond donors (Lipinski definition) is 0. The Bertz CT molecular complexity index is 1410. The zero-order valence-corrected chi connectivity index (χ0v) is 22.7. The van der Waals surface area contributed by atoms with E-state index >= 15 is 0 Å². The van der Waals surface area contributed by atoms with Crippen LogP contribution in [-0.2, 0) is 11.2 Å². The van der Waals surface area contributed by atoms with Gasteiger partial charge in [-0.1, -0.05) is 75.4 Å². The van der Waals surface area contributed by atoms with Crippen LogP contribution in [-0.4, -0.2) is 26.9 Å². The van der Waals surface area contributed by atoms with Crippen molar-refractivity contribution < 1.29 is 4.79 Å². The van der Waals surface area contributed by atoms with Gasteiger partial charge in [0.05, 0.1) is 22.6 Å². The number of benzene rings is 3. The number of halogens is 1. The third-order valence-corrected chi connectivity index (χ3v) is 7.22. The molecule has 2 unspecified atom stereocenters. The third kappa shape index (κ3) is 5.78. The second-order valence-corrected chi connectivity index (χ2v) is 10.2. The highest BCUT2D eigenvalue weighted by Crippen LogP contribution is 2.30. The van der Waals surface area contributed by atoms with Crippen molar-refractivity contribution in [2.75, 3.05) is 6.54 Å². The fourth-order valence-electron chi connectivity index (χ4n) is 4.50. The van der Waals surface area contributed by atoms with Crippen LogP contribution in [0.15, 0.2) is 83.7 Å². The Morgan fingerprint density at radius 2 is 1.59 bits per heavy atom. The van der Waals surface area contributed by atoms with Crippen molar-refractivity contribution in [1.82, 2.24) is 14.5 Å². The smallest absolute Gasteiger partial charge is 0.266 e. The summed E-state index contributed by atoms with van der Waals surface area (Å²) in [4.78, 5) is 34.4. The van der Waals surface area contributed by atoms with Gasteiger partial charge in [0, 0.05) is 6.54 Å². The van der Waals surface area contributed by atoms with E-state index in [-0.39, 0.29) is 11.5 Å². The van der Waals surface area contributed by atoms with Crippen molar-refractivity contribution in [3.63, 3.8) is 0 Å². The van der Waals surface area contributed by atoms with Gasteiger partial charge in [-0.2, -0.15) is 0 Å². The molecule has 1 aromatic heterocycles.